The first-order valence-corrected chi connectivity index (χ1v) is 7.56. The lowest BCUT2D eigenvalue weighted by Crippen LogP contribution is -2.44. The number of thioether (sulfide) groups is 1. The lowest BCUT2D eigenvalue weighted by atomic mass is 10.0. The van der Waals surface area contributed by atoms with E-state index in [1.165, 1.54) is 63.5 Å². The lowest BCUT2D eigenvalue weighted by Gasteiger charge is -2.35. The van der Waals surface area contributed by atoms with Gasteiger partial charge in [0.2, 0.25) is 0 Å². The first-order valence-electron chi connectivity index (χ1n) is 6.40. The molecule has 2 aliphatic heterocycles. The summed E-state index contributed by atoms with van der Waals surface area (Å²) in [7, 11) is 0. The molecule has 3 heteroatoms. The summed E-state index contributed by atoms with van der Waals surface area (Å²) in [6.07, 6.45) is 4.27. The van der Waals surface area contributed by atoms with Crippen LogP contribution in [0.25, 0.3) is 0 Å². The van der Waals surface area contributed by atoms with Crippen LogP contribution in [0.1, 0.15) is 26.2 Å². The van der Waals surface area contributed by atoms with Gasteiger partial charge in [-0.25, -0.2) is 0 Å². The normalized spacial score (nSPS) is 30.6. The highest BCUT2D eigenvalue weighted by atomic mass is 32.2. The second-order valence-electron chi connectivity index (χ2n) is 4.83. The highest BCUT2D eigenvalue weighted by Crippen LogP contribution is 2.16. The van der Waals surface area contributed by atoms with Crippen molar-refractivity contribution in [3.63, 3.8) is 0 Å². The second-order valence-corrected chi connectivity index (χ2v) is 6.06. The van der Waals surface area contributed by atoms with Crippen LogP contribution >= 0.6 is 11.8 Å². The summed E-state index contributed by atoms with van der Waals surface area (Å²) in [4.78, 5) is 5.32. The van der Waals surface area contributed by atoms with Crippen molar-refractivity contribution in [3.8, 4) is 0 Å². The fraction of sp³-hybridized carbons (Fsp3) is 1.00. The standard InChI is InChI=1S/C12H24N2S/c1-12-4-2-3-5-14(12)7-6-13-8-10-15-11-9-13/h12H,2-11H2,1H3. The largest absolute Gasteiger partial charge is 0.300 e. The Balaban J connectivity index is 1.67. The molecule has 0 aliphatic carbocycles. The van der Waals surface area contributed by atoms with E-state index >= 15 is 0 Å². The van der Waals surface area contributed by atoms with Gasteiger partial charge in [-0.15, -0.1) is 0 Å². The van der Waals surface area contributed by atoms with Crippen LogP contribution in [0, 0.1) is 0 Å². The summed E-state index contributed by atoms with van der Waals surface area (Å²) < 4.78 is 0. The van der Waals surface area contributed by atoms with Gasteiger partial charge in [0.15, 0.2) is 0 Å². The van der Waals surface area contributed by atoms with E-state index in [-0.39, 0.29) is 0 Å². The van der Waals surface area contributed by atoms with Gasteiger partial charge in [-0.3, -0.25) is 4.90 Å². The number of piperidine rings is 1. The Kier molecular flexibility index (Phi) is 4.79. The topological polar surface area (TPSA) is 6.48 Å². The molecule has 2 saturated heterocycles. The van der Waals surface area contributed by atoms with Crippen LogP contribution in [0.2, 0.25) is 0 Å². The fourth-order valence-corrected chi connectivity index (χ4v) is 3.56. The lowest BCUT2D eigenvalue weighted by molar-refractivity contribution is 0.138. The van der Waals surface area contributed by atoms with Crippen LogP contribution in [0.15, 0.2) is 0 Å². The second kappa shape index (κ2) is 6.12. The van der Waals surface area contributed by atoms with E-state index < -0.39 is 0 Å². The van der Waals surface area contributed by atoms with Gasteiger partial charge in [-0.2, -0.15) is 11.8 Å². The minimum absolute atomic E-state index is 0.831. The average Bonchev–Trinajstić information content (AvgIpc) is 2.29. The Morgan fingerprint density at radius 2 is 1.87 bits per heavy atom. The number of hydrogen-bond donors (Lipinski definition) is 0. The Morgan fingerprint density at radius 3 is 2.60 bits per heavy atom. The summed E-state index contributed by atoms with van der Waals surface area (Å²) in [5.41, 5.74) is 0. The first kappa shape index (κ1) is 11.7. The zero-order valence-electron chi connectivity index (χ0n) is 9.95. The molecule has 1 unspecified atom stereocenters. The third-order valence-electron chi connectivity index (χ3n) is 3.75. The van der Waals surface area contributed by atoms with Crippen molar-refractivity contribution in [2.75, 3.05) is 44.2 Å². The van der Waals surface area contributed by atoms with E-state index in [9.17, 15) is 0 Å². The maximum Gasteiger partial charge on any atom is 0.0112 e. The molecule has 15 heavy (non-hydrogen) atoms. The van der Waals surface area contributed by atoms with E-state index in [0.29, 0.717) is 0 Å². The molecule has 0 amide bonds. The molecule has 2 fully saturated rings. The van der Waals surface area contributed by atoms with Crippen LogP contribution in [-0.2, 0) is 0 Å². The minimum Gasteiger partial charge on any atom is -0.300 e. The smallest absolute Gasteiger partial charge is 0.0112 e. The highest BCUT2D eigenvalue weighted by molar-refractivity contribution is 7.99. The molecular formula is C12H24N2S. The van der Waals surface area contributed by atoms with Gasteiger partial charge >= 0.3 is 0 Å². The zero-order valence-corrected chi connectivity index (χ0v) is 10.8. The molecule has 0 bridgehead atoms. The molecule has 0 aromatic heterocycles. The van der Waals surface area contributed by atoms with Crippen molar-refractivity contribution in [3.05, 3.63) is 0 Å². The Morgan fingerprint density at radius 1 is 1.07 bits per heavy atom. The third-order valence-corrected chi connectivity index (χ3v) is 4.69. The summed E-state index contributed by atoms with van der Waals surface area (Å²) in [6, 6.07) is 0.831. The SMILES string of the molecule is CC1CCCCN1CCN1CCSCC1. The van der Waals surface area contributed by atoms with Crippen molar-refractivity contribution < 1.29 is 0 Å². The van der Waals surface area contributed by atoms with Gasteiger partial charge in [-0.1, -0.05) is 6.42 Å². The Bertz CT molecular complexity index is 180. The van der Waals surface area contributed by atoms with Gasteiger partial charge in [0.05, 0.1) is 0 Å². The Hall–Kier alpha value is 0.270. The van der Waals surface area contributed by atoms with E-state index in [0.717, 1.165) is 6.04 Å². The van der Waals surface area contributed by atoms with Crippen molar-refractivity contribution in [1.82, 2.24) is 9.80 Å². The predicted molar refractivity (Wildman–Crippen MR) is 68.7 cm³/mol. The molecule has 0 N–H and O–H groups in total. The van der Waals surface area contributed by atoms with E-state index in [1.807, 2.05) is 0 Å². The van der Waals surface area contributed by atoms with Crippen molar-refractivity contribution in [2.45, 2.75) is 32.2 Å². The molecule has 88 valence electrons. The monoisotopic (exact) mass is 228 g/mol. The highest BCUT2D eigenvalue weighted by Gasteiger charge is 2.19. The molecular weight excluding hydrogens is 204 g/mol. The summed E-state index contributed by atoms with van der Waals surface area (Å²) in [6.45, 7) is 8.95. The number of rotatable bonds is 3. The summed E-state index contributed by atoms with van der Waals surface area (Å²) in [5.74, 6) is 2.69. The summed E-state index contributed by atoms with van der Waals surface area (Å²) >= 11 is 2.11. The molecule has 0 saturated carbocycles. The molecule has 2 rings (SSSR count). The molecule has 2 heterocycles. The molecule has 0 spiro atoms. The number of nitrogens with zero attached hydrogens (tertiary/aromatic N) is 2. The minimum atomic E-state index is 0.831. The third kappa shape index (κ3) is 3.65. The fourth-order valence-electron chi connectivity index (χ4n) is 2.58. The maximum atomic E-state index is 2.69. The molecule has 0 aromatic carbocycles. The van der Waals surface area contributed by atoms with Gasteiger partial charge in [0, 0.05) is 43.7 Å². The quantitative estimate of drug-likeness (QED) is 0.728. The van der Waals surface area contributed by atoms with E-state index in [4.69, 9.17) is 0 Å². The van der Waals surface area contributed by atoms with Crippen LogP contribution < -0.4 is 0 Å². The molecule has 0 aromatic rings. The van der Waals surface area contributed by atoms with Crippen LogP contribution in [0.4, 0.5) is 0 Å². The van der Waals surface area contributed by atoms with Crippen molar-refractivity contribution >= 4 is 11.8 Å². The predicted octanol–water partition coefficient (Wildman–Crippen LogP) is 1.91. The van der Waals surface area contributed by atoms with Crippen LogP contribution in [0.3, 0.4) is 0 Å². The van der Waals surface area contributed by atoms with Gasteiger partial charge < -0.3 is 4.90 Å². The number of hydrogen-bond acceptors (Lipinski definition) is 3. The van der Waals surface area contributed by atoms with Crippen LogP contribution in [-0.4, -0.2) is 60.1 Å². The average molecular weight is 228 g/mol. The van der Waals surface area contributed by atoms with Crippen molar-refractivity contribution in [1.29, 1.82) is 0 Å². The van der Waals surface area contributed by atoms with Gasteiger partial charge in [0.25, 0.3) is 0 Å². The van der Waals surface area contributed by atoms with E-state index in [2.05, 4.69) is 28.5 Å². The van der Waals surface area contributed by atoms with E-state index in [1.54, 1.807) is 0 Å². The molecule has 2 nitrogen and oxygen atoms in total. The first-order chi connectivity index (χ1) is 7.36. The maximum absolute atomic E-state index is 2.69. The van der Waals surface area contributed by atoms with Crippen LogP contribution in [0.5, 0.6) is 0 Å². The molecule has 2 aliphatic rings. The Labute approximate surface area is 98.4 Å². The number of likely N-dealkylation sites (tertiary alicyclic amines) is 1. The van der Waals surface area contributed by atoms with Gasteiger partial charge in [0.1, 0.15) is 0 Å². The van der Waals surface area contributed by atoms with Gasteiger partial charge in [-0.05, 0) is 26.3 Å². The molecule has 1 atom stereocenters. The summed E-state index contributed by atoms with van der Waals surface area (Å²) in [5, 5.41) is 0. The van der Waals surface area contributed by atoms with Crippen molar-refractivity contribution in [2.24, 2.45) is 0 Å². The zero-order chi connectivity index (χ0) is 10.5. The molecule has 0 radical (unpaired) electrons.